The van der Waals surface area contributed by atoms with Gasteiger partial charge in [0.15, 0.2) is 0 Å². The zero-order valence-corrected chi connectivity index (χ0v) is 10.9. The van der Waals surface area contributed by atoms with E-state index < -0.39 is 0 Å². The van der Waals surface area contributed by atoms with Crippen molar-refractivity contribution in [3.05, 3.63) is 47.0 Å². The molecule has 0 aliphatic heterocycles. The van der Waals surface area contributed by atoms with Crippen molar-refractivity contribution in [2.45, 2.75) is 6.54 Å². The molecule has 5 nitrogen and oxygen atoms in total. The van der Waals surface area contributed by atoms with E-state index in [9.17, 15) is 4.79 Å². The molecule has 0 aliphatic carbocycles. The lowest BCUT2D eigenvalue weighted by Crippen LogP contribution is -2.26. The van der Waals surface area contributed by atoms with Crippen molar-refractivity contribution in [3.63, 3.8) is 0 Å². The van der Waals surface area contributed by atoms with Crippen molar-refractivity contribution in [1.29, 1.82) is 0 Å². The lowest BCUT2D eigenvalue weighted by Gasteiger charge is -2.16. The van der Waals surface area contributed by atoms with Crippen LogP contribution in [0.3, 0.4) is 0 Å². The highest BCUT2D eigenvalue weighted by Crippen LogP contribution is 2.16. The summed E-state index contributed by atoms with van der Waals surface area (Å²) in [5.74, 6) is -0.156. The number of hydrogen-bond donors (Lipinski definition) is 0. The van der Waals surface area contributed by atoms with Crippen LogP contribution in [0.15, 0.2) is 30.9 Å². The molecule has 2 rings (SSSR count). The molecule has 1 amide bonds. The van der Waals surface area contributed by atoms with Crippen LogP contribution in [-0.2, 0) is 13.6 Å². The third-order valence-electron chi connectivity index (χ3n) is 2.52. The van der Waals surface area contributed by atoms with Gasteiger partial charge in [-0.3, -0.25) is 14.5 Å². The Morgan fingerprint density at radius 2 is 2.28 bits per heavy atom. The number of nitrogens with zero attached hydrogens (tertiary/aromatic N) is 4. The van der Waals surface area contributed by atoms with Gasteiger partial charge in [-0.25, -0.2) is 0 Å². The minimum absolute atomic E-state index is 0.156. The standard InChI is InChI=1S/C12H13ClN4O/c1-16(7-9-5-15-17(2)8-9)12(18)10-6-14-4-3-11(10)13/h3-6,8H,7H2,1-2H3. The van der Waals surface area contributed by atoms with Crippen LogP contribution in [-0.4, -0.2) is 32.6 Å². The van der Waals surface area contributed by atoms with E-state index in [1.807, 2.05) is 13.2 Å². The van der Waals surface area contributed by atoms with E-state index in [1.165, 1.54) is 6.20 Å². The van der Waals surface area contributed by atoms with Gasteiger partial charge in [-0.05, 0) is 6.07 Å². The molecule has 6 heteroatoms. The van der Waals surface area contributed by atoms with E-state index in [0.717, 1.165) is 5.56 Å². The second-order valence-corrected chi connectivity index (χ2v) is 4.45. The highest BCUT2D eigenvalue weighted by atomic mass is 35.5. The van der Waals surface area contributed by atoms with Gasteiger partial charge in [-0.15, -0.1) is 0 Å². The molecule has 0 saturated heterocycles. The number of aryl methyl sites for hydroxylation is 1. The third-order valence-corrected chi connectivity index (χ3v) is 2.85. The molecule has 0 saturated carbocycles. The molecule has 0 bridgehead atoms. The fourth-order valence-corrected chi connectivity index (χ4v) is 1.83. The monoisotopic (exact) mass is 264 g/mol. The molecule has 0 atom stereocenters. The van der Waals surface area contributed by atoms with E-state index in [4.69, 9.17) is 11.6 Å². The Bertz CT molecular complexity index is 567. The van der Waals surface area contributed by atoms with E-state index in [-0.39, 0.29) is 5.91 Å². The number of carbonyl (C=O) groups excluding carboxylic acids is 1. The number of carbonyl (C=O) groups is 1. The number of rotatable bonds is 3. The minimum Gasteiger partial charge on any atom is -0.337 e. The molecule has 0 N–H and O–H groups in total. The van der Waals surface area contributed by atoms with Crippen molar-refractivity contribution in [3.8, 4) is 0 Å². The highest BCUT2D eigenvalue weighted by Gasteiger charge is 2.15. The molecule has 0 spiro atoms. The Morgan fingerprint density at radius 3 is 2.89 bits per heavy atom. The zero-order valence-electron chi connectivity index (χ0n) is 10.2. The molecule has 2 aromatic heterocycles. The van der Waals surface area contributed by atoms with Crippen molar-refractivity contribution in [2.24, 2.45) is 7.05 Å². The first-order chi connectivity index (χ1) is 8.58. The van der Waals surface area contributed by atoms with Crippen molar-refractivity contribution >= 4 is 17.5 Å². The van der Waals surface area contributed by atoms with Gasteiger partial charge in [0.2, 0.25) is 0 Å². The molecule has 0 unspecified atom stereocenters. The van der Waals surface area contributed by atoms with E-state index in [1.54, 1.807) is 35.1 Å². The van der Waals surface area contributed by atoms with Crippen molar-refractivity contribution in [1.82, 2.24) is 19.7 Å². The molecule has 18 heavy (non-hydrogen) atoms. The maximum atomic E-state index is 12.2. The maximum Gasteiger partial charge on any atom is 0.256 e. The predicted molar refractivity (Wildman–Crippen MR) is 68.3 cm³/mol. The van der Waals surface area contributed by atoms with Gasteiger partial charge in [0.05, 0.1) is 16.8 Å². The molecular formula is C12H13ClN4O. The highest BCUT2D eigenvalue weighted by molar-refractivity contribution is 6.33. The molecule has 0 radical (unpaired) electrons. The Labute approximate surface area is 110 Å². The predicted octanol–water partition coefficient (Wildman–Crippen LogP) is 1.74. The number of halogens is 1. The summed E-state index contributed by atoms with van der Waals surface area (Å²) in [5, 5.41) is 4.47. The van der Waals surface area contributed by atoms with Gasteiger partial charge in [0.25, 0.3) is 5.91 Å². The molecular weight excluding hydrogens is 252 g/mol. The van der Waals surface area contributed by atoms with Gasteiger partial charge in [0.1, 0.15) is 0 Å². The summed E-state index contributed by atoms with van der Waals surface area (Å²) in [7, 11) is 3.56. The van der Waals surface area contributed by atoms with Crippen LogP contribution < -0.4 is 0 Å². The number of amides is 1. The summed E-state index contributed by atoms with van der Waals surface area (Å²) in [6.45, 7) is 0.484. The summed E-state index contributed by atoms with van der Waals surface area (Å²) in [6.07, 6.45) is 6.63. The largest absolute Gasteiger partial charge is 0.337 e. The smallest absolute Gasteiger partial charge is 0.256 e. The van der Waals surface area contributed by atoms with Gasteiger partial charge in [0, 0.05) is 44.8 Å². The lowest BCUT2D eigenvalue weighted by atomic mass is 10.2. The first kappa shape index (κ1) is 12.6. The van der Waals surface area contributed by atoms with E-state index in [0.29, 0.717) is 17.1 Å². The van der Waals surface area contributed by atoms with Crippen LogP contribution in [0.2, 0.25) is 5.02 Å². The average Bonchev–Trinajstić information content (AvgIpc) is 2.74. The van der Waals surface area contributed by atoms with Crippen LogP contribution >= 0.6 is 11.6 Å². The first-order valence-corrected chi connectivity index (χ1v) is 5.78. The third kappa shape index (κ3) is 2.68. The van der Waals surface area contributed by atoms with Crippen LogP contribution in [0.4, 0.5) is 0 Å². The summed E-state index contributed by atoms with van der Waals surface area (Å²) < 4.78 is 1.70. The lowest BCUT2D eigenvalue weighted by molar-refractivity contribution is 0.0785. The van der Waals surface area contributed by atoms with Gasteiger partial charge in [-0.2, -0.15) is 5.10 Å². The zero-order chi connectivity index (χ0) is 13.1. The Balaban J connectivity index is 2.12. The molecule has 0 aromatic carbocycles. The van der Waals surface area contributed by atoms with Crippen LogP contribution in [0.5, 0.6) is 0 Å². The number of pyridine rings is 1. The first-order valence-electron chi connectivity index (χ1n) is 5.40. The molecule has 94 valence electrons. The van der Waals surface area contributed by atoms with Crippen LogP contribution in [0.1, 0.15) is 15.9 Å². The fraction of sp³-hybridized carbons (Fsp3) is 0.250. The van der Waals surface area contributed by atoms with Crippen molar-refractivity contribution < 1.29 is 4.79 Å². The van der Waals surface area contributed by atoms with Crippen LogP contribution in [0.25, 0.3) is 0 Å². The fourth-order valence-electron chi connectivity index (χ4n) is 1.64. The summed E-state index contributed by atoms with van der Waals surface area (Å²) in [4.78, 5) is 17.6. The minimum atomic E-state index is -0.156. The second kappa shape index (κ2) is 5.18. The Morgan fingerprint density at radius 1 is 1.50 bits per heavy atom. The average molecular weight is 265 g/mol. The van der Waals surface area contributed by atoms with Gasteiger partial charge >= 0.3 is 0 Å². The van der Waals surface area contributed by atoms with Gasteiger partial charge < -0.3 is 4.90 Å². The molecule has 0 aliphatic rings. The maximum absolute atomic E-state index is 12.2. The summed E-state index contributed by atoms with van der Waals surface area (Å²) in [5.41, 5.74) is 1.37. The molecule has 2 aromatic rings. The SMILES string of the molecule is CN(Cc1cnn(C)c1)C(=O)c1cnccc1Cl. The van der Waals surface area contributed by atoms with Crippen molar-refractivity contribution in [2.75, 3.05) is 7.05 Å². The van der Waals surface area contributed by atoms with E-state index >= 15 is 0 Å². The quantitative estimate of drug-likeness (QED) is 0.849. The van der Waals surface area contributed by atoms with E-state index in [2.05, 4.69) is 10.1 Å². The summed E-state index contributed by atoms with van der Waals surface area (Å²) >= 11 is 5.97. The second-order valence-electron chi connectivity index (χ2n) is 4.04. The molecule has 0 fully saturated rings. The summed E-state index contributed by atoms with van der Waals surface area (Å²) in [6, 6.07) is 1.60. The molecule has 2 heterocycles. The van der Waals surface area contributed by atoms with Gasteiger partial charge in [-0.1, -0.05) is 11.6 Å². The topological polar surface area (TPSA) is 51.0 Å². The Kier molecular flexibility index (Phi) is 3.62. The number of aromatic nitrogens is 3. The number of hydrogen-bond acceptors (Lipinski definition) is 3. The Hall–Kier alpha value is -1.88. The van der Waals surface area contributed by atoms with Crippen LogP contribution in [0, 0.1) is 0 Å². The normalized spacial score (nSPS) is 10.4.